The molecule has 4 N–H and O–H groups in total. The van der Waals surface area contributed by atoms with Gasteiger partial charge in [-0.25, -0.2) is 4.68 Å². The number of para-hydroxylation sites is 1. The molecule has 6 nitrogen and oxygen atoms in total. The highest BCUT2D eigenvalue weighted by molar-refractivity contribution is 5.81. The first-order chi connectivity index (χ1) is 11.3. The number of H-pyrrole nitrogens is 1. The minimum atomic E-state index is -4.68. The molecule has 24 heavy (non-hydrogen) atoms. The van der Waals surface area contributed by atoms with E-state index < -0.39 is 28.5 Å². The standard InChI is InChI=1S/C15H11F3N4O2/c16-15(17,18)9-6-11-12(7-10(9)19)22(14(24)13(23)20-11)21-8-4-2-1-3-5-8/h1-7,21H,19H2,(H,20,23). The Kier molecular flexibility index (Phi) is 3.55. The van der Waals surface area contributed by atoms with Gasteiger partial charge in [0.1, 0.15) is 0 Å². The minimum Gasteiger partial charge on any atom is -0.398 e. The maximum absolute atomic E-state index is 12.9. The zero-order valence-corrected chi connectivity index (χ0v) is 12.0. The van der Waals surface area contributed by atoms with E-state index in [1.165, 1.54) is 0 Å². The Morgan fingerprint density at radius 2 is 1.75 bits per heavy atom. The number of nitrogens with zero attached hydrogens (tertiary/aromatic N) is 1. The molecule has 0 fully saturated rings. The lowest BCUT2D eigenvalue weighted by molar-refractivity contribution is -0.136. The maximum Gasteiger partial charge on any atom is 0.418 e. The fourth-order valence-corrected chi connectivity index (χ4v) is 2.27. The number of rotatable bonds is 2. The number of alkyl halides is 3. The Morgan fingerprint density at radius 1 is 1.08 bits per heavy atom. The van der Waals surface area contributed by atoms with E-state index in [0.717, 1.165) is 10.7 Å². The first-order valence-corrected chi connectivity index (χ1v) is 6.75. The summed E-state index contributed by atoms with van der Waals surface area (Å²) < 4.78 is 39.7. The number of aromatic amines is 1. The van der Waals surface area contributed by atoms with E-state index in [4.69, 9.17) is 5.73 Å². The van der Waals surface area contributed by atoms with Gasteiger partial charge in [0.25, 0.3) is 0 Å². The SMILES string of the molecule is Nc1cc2c(cc1C(F)(F)F)[nH]c(=O)c(=O)n2Nc1ccccc1. The Hall–Kier alpha value is -3.23. The highest BCUT2D eigenvalue weighted by atomic mass is 19.4. The largest absolute Gasteiger partial charge is 0.418 e. The third-order valence-electron chi connectivity index (χ3n) is 3.37. The summed E-state index contributed by atoms with van der Waals surface area (Å²) in [5.41, 5.74) is 4.84. The summed E-state index contributed by atoms with van der Waals surface area (Å²) in [6.45, 7) is 0. The number of benzene rings is 2. The number of hydrogen-bond donors (Lipinski definition) is 3. The highest BCUT2D eigenvalue weighted by Gasteiger charge is 2.33. The van der Waals surface area contributed by atoms with Crippen molar-refractivity contribution in [2.45, 2.75) is 6.18 Å². The van der Waals surface area contributed by atoms with Gasteiger partial charge >= 0.3 is 17.3 Å². The Bertz CT molecular complexity index is 1020. The number of aromatic nitrogens is 2. The van der Waals surface area contributed by atoms with Crippen LogP contribution in [0.5, 0.6) is 0 Å². The second kappa shape index (κ2) is 5.44. The number of hydrogen-bond acceptors (Lipinski definition) is 4. The van der Waals surface area contributed by atoms with Crippen molar-refractivity contribution >= 4 is 22.4 Å². The van der Waals surface area contributed by atoms with Crippen LogP contribution in [-0.2, 0) is 6.18 Å². The van der Waals surface area contributed by atoms with Crippen molar-refractivity contribution in [1.82, 2.24) is 9.66 Å². The van der Waals surface area contributed by atoms with E-state index >= 15 is 0 Å². The summed E-state index contributed by atoms with van der Waals surface area (Å²) in [5.74, 6) is 0. The van der Waals surface area contributed by atoms with Gasteiger partial charge in [0.2, 0.25) is 0 Å². The van der Waals surface area contributed by atoms with Gasteiger partial charge in [-0.15, -0.1) is 0 Å². The van der Waals surface area contributed by atoms with E-state index in [9.17, 15) is 22.8 Å². The zero-order chi connectivity index (χ0) is 17.5. The average Bonchev–Trinajstić information content (AvgIpc) is 2.52. The quantitative estimate of drug-likeness (QED) is 0.494. The van der Waals surface area contributed by atoms with Crippen LogP contribution in [0.2, 0.25) is 0 Å². The summed E-state index contributed by atoms with van der Waals surface area (Å²) in [6.07, 6.45) is -4.68. The van der Waals surface area contributed by atoms with Crippen molar-refractivity contribution in [3.63, 3.8) is 0 Å². The van der Waals surface area contributed by atoms with E-state index in [1.807, 2.05) is 0 Å². The molecular formula is C15H11F3N4O2. The molecule has 0 aliphatic rings. The summed E-state index contributed by atoms with van der Waals surface area (Å²) in [7, 11) is 0. The molecule has 1 aromatic heterocycles. The Morgan fingerprint density at radius 3 is 2.38 bits per heavy atom. The predicted octanol–water partition coefficient (Wildman–Crippen LogP) is 2.17. The molecule has 0 unspecified atom stereocenters. The van der Waals surface area contributed by atoms with Crippen LogP contribution in [0.25, 0.3) is 11.0 Å². The average molecular weight is 336 g/mol. The second-order valence-electron chi connectivity index (χ2n) is 5.03. The van der Waals surface area contributed by atoms with Gasteiger partial charge in [0.15, 0.2) is 0 Å². The molecule has 0 spiro atoms. The molecule has 0 aliphatic heterocycles. The maximum atomic E-state index is 12.9. The molecular weight excluding hydrogens is 325 g/mol. The number of anilines is 2. The van der Waals surface area contributed by atoms with Gasteiger partial charge in [0.05, 0.1) is 22.3 Å². The number of fused-ring (bicyclic) bond motifs is 1. The molecule has 3 rings (SSSR count). The number of nitrogen functional groups attached to an aromatic ring is 1. The van der Waals surface area contributed by atoms with Crippen LogP contribution in [0.15, 0.2) is 52.1 Å². The monoisotopic (exact) mass is 336 g/mol. The molecule has 0 amide bonds. The summed E-state index contributed by atoms with van der Waals surface area (Å²) in [5, 5.41) is 0. The first kappa shape index (κ1) is 15.7. The highest BCUT2D eigenvalue weighted by Crippen LogP contribution is 2.35. The smallest absolute Gasteiger partial charge is 0.398 e. The molecule has 0 radical (unpaired) electrons. The molecule has 9 heteroatoms. The molecule has 1 heterocycles. The van der Waals surface area contributed by atoms with E-state index in [2.05, 4.69) is 10.4 Å². The fourth-order valence-electron chi connectivity index (χ4n) is 2.27. The van der Waals surface area contributed by atoms with Crippen LogP contribution in [0.4, 0.5) is 24.5 Å². The zero-order valence-electron chi connectivity index (χ0n) is 12.0. The molecule has 0 saturated heterocycles. The summed E-state index contributed by atoms with van der Waals surface area (Å²) in [4.78, 5) is 26.0. The van der Waals surface area contributed by atoms with Crippen molar-refractivity contribution < 1.29 is 13.2 Å². The van der Waals surface area contributed by atoms with Crippen LogP contribution < -0.4 is 22.3 Å². The molecule has 0 aliphatic carbocycles. The normalized spacial score (nSPS) is 11.6. The van der Waals surface area contributed by atoms with Gasteiger partial charge in [-0.2, -0.15) is 13.2 Å². The van der Waals surface area contributed by atoms with Gasteiger partial charge < -0.3 is 10.7 Å². The van der Waals surface area contributed by atoms with Gasteiger partial charge in [-0.05, 0) is 24.3 Å². The van der Waals surface area contributed by atoms with Crippen molar-refractivity contribution in [3.05, 3.63) is 68.7 Å². The topological polar surface area (TPSA) is 92.9 Å². The van der Waals surface area contributed by atoms with Crippen LogP contribution in [0.1, 0.15) is 5.56 Å². The third-order valence-corrected chi connectivity index (χ3v) is 3.37. The predicted molar refractivity (Wildman–Crippen MR) is 83.7 cm³/mol. The lowest BCUT2D eigenvalue weighted by Gasteiger charge is -2.15. The van der Waals surface area contributed by atoms with Crippen LogP contribution in [-0.4, -0.2) is 9.66 Å². The minimum absolute atomic E-state index is 0.0222. The molecule has 0 saturated carbocycles. The van der Waals surface area contributed by atoms with E-state index in [-0.39, 0.29) is 11.0 Å². The fraction of sp³-hybridized carbons (Fsp3) is 0.0667. The molecule has 2 aromatic carbocycles. The Balaban J connectivity index is 2.29. The van der Waals surface area contributed by atoms with E-state index in [0.29, 0.717) is 11.8 Å². The first-order valence-electron chi connectivity index (χ1n) is 6.75. The molecule has 0 atom stereocenters. The molecule has 124 valence electrons. The van der Waals surface area contributed by atoms with Crippen molar-refractivity contribution in [3.8, 4) is 0 Å². The van der Waals surface area contributed by atoms with Crippen LogP contribution >= 0.6 is 0 Å². The molecule has 3 aromatic rings. The summed E-state index contributed by atoms with van der Waals surface area (Å²) >= 11 is 0. The lowest BCUT2D eigenvalue weighted by atomic mass is 10.1. The number of nitrogens with one attached hydrogen (secondary N) is 2. The Labute approximate surface area is 132 Å². The van der Waals surface area contributed by atoms with Crippen LogP contribution in [0.3, 0.4) is 0 Å². The lowest BCUT2D eigenvalue weighted by Crippen LogP contribution is -2.39. The number of nitrogens with two attached hydrogens (primary N) is 1. The van der Waals surface area contributed by atoms with Gasteiger partial charge in [-0.3, -0.25) is 15.0 Å². The summed E-state index contributed by atoms with van der Waals surface area (Å²) in [6, 6.07) is 10.1. The molecule has 0 bridgehead atoms. The van der Waals surface area contributed by atoms with Crippen LogP contribution in [0, 0.1) is 0 Å². The van der Waals surface area contributed by atoms with Gasteiger partial charge in [0, 0.05) is 5.69 Å². The van der Waals surface area contributed by atoms with Crippen molar-refractivity contribution in [1.29, 1.82) is 0 Å². The third kappa shape index (κ3) is 2.71. The number of halogens is 3. The second-order valence-corrected chi connectivity index (χ2v) is 5.03. The van der Waals surface area contributed by atoms with Crippen molar-refractivity contribution in [2.75, 3.05) is 11.2 Å². The van der Waals surface area contributed by atoms with Crippen molar-refractivity contribution in [2.24, 2.45) is 0 Å². The van der Waals surface area contributed by atoms with E-state index in [1.54, 1.807) is 30.3 Å². The van der Waals surface area contributed by atoms with Gasteiger partial charge in [-0.1, -0.05) is 18.2 Å².